The van der Waals surface area contributed by atoms with Crippen molar-refractivity contribution in [2.24, 2.45) is 0 Å². The zero-order valence-corrected chi connectivity index (χ0v) is 16.2. The van der Waals surface area contributed by atoms with Crippen LogP contribution in [0.2, 0.25) is 0 Å². The summed E-state index contributed by atoms with van der Waals surface area (Å²) >= 11 is 0. The number of nitrogens with zero attached hydrogens (tertiary/aromatic N) is 1. The van der Waals surface area contributed by atoms with E-state index in [0.717, 1.165) is 12.0 Å². The van der Waals surface area contributed by atoms with Crippen molar-refractivity contribution in [1.82, 2.24) is 10.2 Å². The molecule has 0 unspecified atom stereocenters. The van der Waals surface area contributed by atoms with Crippen molar-refractivity contribution >= 4 is 11.8 Å². The molecule has 0 fully saturated rings. The molecule has 3 rings (SSSR count). The molecule has 0 radical (unpaired) electrons. The number of rotatable bonds is 4. The van der Waals surface area contributed by atoms with Gasteiger partial charge in [0.05, 0.1) is 0 Å². The number of fused-ring (bicyclic) bond motifs is 1. The number of amides is 2. The van der Waals surface area contributed by atoms with Gasteiger partial charge in [0.1, 0.15) is 0 Å². The summed E-state index contributed by atoms with van der Waals surface area (Å²) in [6.07, 6.45) is 2.10. The van der Waals surface area contributed by atoms with E-state index in [1.54, 1.807) is 0 Å². The Bertz CT molecular complexity index is 882. The summed E-state index contributed by atoms with van der Waals surface area (Å²) in [7, 11) is 0. The average molecular weight is 362 g/mol. The molecule has 0 saturated heterocycles. The summed E-state index contributed by atoms with van der Waals surface area (Å²) < 4.78 is 0. The Morgan fingerprint density at radius 1 is 1.19 bits per heavy atom. The van der Waals surface area contributed by atoms with E-state index < -0.39 is 0 Å². The minimum atomic E-state index is -0.243. The molecule has 140 valence electrons. The number of carbonyl (C=O) groups is 2. The minimum absolute atomic E-state index is 0.0360. The Morgan fingerprint density at radius 3 is 2.56 bits per heavy atom. The highest BCUT2D eigenvalue weighted by Crippen LogP contribution is 2.33. The van der Waals surface area contributed by atoms with Gasteiger partial charge in [-0.3, -0.25) is 9.59 Å². The standard InChI is InChI=1S/C23H26N2O2/c1-5-21(26)24-14-17-9-11-18(12-10-17)22(27)25-15-19-8-6-7-16(2)20(19)13-23(25,3)4/h5-12H,1,13-15H2,2-4H3,(H,24,26). The first-order valence-corrected chi connectivity index (χ1v) is 9.20. The number of hydrogen-bond donors (Lipinski definition) is 1. The van der Waals surface area contributed by atoms with Gasteiger partial charge in [-0.05, 0) is 67.7 Å². The SMILES string of the molecule is C=CC(=O)NCc1ccc(C(=O)N2Cc3cccc(C)c3CC2(C)C)cc1. The monoisotopic (exact) mass is 362 g/mol. The maximum atomic E-state index is 13.2. The smallest absolute Gasteiger partial charge is 0.254 e. The average Bonchev–Trinajstić information content (AvgIpc) is 2.66. The summed E-state index contributed by atoms with van der Waals surface area (Å²) in [5.41, 5.74) is 5.25. The van der Waals surface area contributed by atoms with Crippen LogP contribution in [0, 0.1) is 6.92 Å². The molecule has 4 nitrogen and oxygen atoms in total. The molecule has 2 aromatic rings. The molecule has 27 heavy (non-hydrogen) atoms. The van der Waals surface area contributed by atoms with Crippen molar-refractivity contribution < 1.29 is 9.59 Å². The first-order valence-electron chi connectivity index (χ1n) is 9.20. The third kappa shape index (κ3) is 3.95. The number of hydrogen-bond acceptors (Lipinski definition) is 2. The largest absolute Gasteiger partial charge is 0.348 e. The van der Waals surface area contributed by atoms with Crippen LogP contribution in [-0.2, 0) is 24.3 Å². The third-order valence-corrected chi connectivity index (χ3v) is 5.27. The lowest BCUT2D eigenvalue weighted by Gasteiger charge is -2.44. The van der Waals surface area contributed by atoms with Crippen LogP contribution in [0.1, 0.15) is 46.5 Å². The normalized spacial score (nSPS) is 15.0. The number of nitrogens with one attached hydrogen (secondary N) is 1. The molecule has 0 aromatic heterocycles. The van der Waals surface area contributed by atoms with Crippen LogP contribution >= 0.6 is 0 Å². The predicted octanol–water partition coefficient (Wildman–Crippen LogP) is 3.77. The Kier molecular flexibility index (Phi) is 5.17. The van der Waals surface area contributed by atoms with E-state index in [0.29, 0.717) is 18.7 Å². The van der Waals surface area contributed by atoms with Gasteiger partial charge in [0.2, 0.25) is 5.91 Å². The highest BCUT2D eigenvalue weighted by atomic mass is 16.2. The van der Waals surface area contributed by atoms with Crippen LogP contribution in [-0.4, -0.2) is 22.3 Å². The topological polar surface area (TPSA) is 49.4 Å². The second-order valence-corrected chi connectivity index (χ2v) is 7.71. The van der Waals surface area contributed by atoms with Crippen molar-refractivity contribution in [1.29, 1.82) is 0 Å². The molecule has 0 aliphatic carbocycles. The minimum Gasteiger partial charge on any atom is -0.348 e. The maximum Gasteiger partial charge on any atom is 0.254 e. The molecule has 0 saturated carbocycles. The van der Waals surface area contributed by atoms with Crippen LogP contribution in [0.15, 0.2) is 55.1 Å². The van der Waals surface area contributed by atoms with Gasteiger partial charge in [0, 0.05) is 24.2 Å². The van der Waals surface area contributed by atoms with Gasteiger partial charge in [-0.25, -0.2) is 0 Å². The second kappa shape index (κ2) is 7.39. The van der Waals surface area contributed by atoms with Crippen LogP contribution < -0.4 is 5.32 Å². The van der Waals surface area contributed by atoms with Gasteiger partial charge in [-0.1, -0.05) is 36.9 Å². The fourth-order valence-corrected chi connectivity index (χ4v) is 3.61. The quantitative estimate of drug-likeness (QED) is 0.842. The Morgan fingerprint density at radius 2 is 1.89 bits per heavy atom. The summed E-state index contributed by atoms with van der Waals surface area (Å²) in [6, 6.07) is 13.7. The van der Waals surface area contributed by atoms with Gasteiger partial charge in [-0.2, -0.15) is 0 Å². The van der Waals surface area contributed by atoms with Crippen molar-refractivity contribution in [3.63, 3.8) is 0 Å². The lowest BCUT2D eigenvalue weighted by Crippen LogP contribution is -2.51. The van der Waals surface area contributed by atoms with Crippen LogP contribution in [0.25, 0.3) is 0 Å². The Labute approximate surface area is 160 Å². The van der Waals surface area contributed by atoms with Crippen LogP contribution in [0.4, 0.5) is 0 Å². The Balaban J connectivity index is 1.79. The molecular formula is C23H26N2O2. The van der Waals surface area contributed by atoms with Crippen molar-refractivity contribution in [2.75, 3.05) is 0 Å². The summed E-state index contributed by atoms with van der Waals surface area (Å²) in [6.45, 7) is 10.9. The van der Waals surface area contributed by atoms with Gasteiger partial charge >= 0.3 is 0 Å². The van der Waals surface area contributed by atoms with E-state index in [4.69, 9.17) is 0 Å². The van der Waals surface area contributed by atoms with Crippen LogP contribution in [0.5, 0.6) is 0 Å². The van der Waals surface area contributed by atoms with Gasteiger partial charge in [0.15, 0.2) is 0 Å². The molecule has 1 aliphatic heterocycles. The molecule has 1 aliphatic rings. The van der Waals surface area contributed by atoms with E-state index in [1.807, 2.05) is 29.2 Å². The van der Waals surface area contributed by atoms with E-state index in [1.165, 1.54) is 22.8 Å². The number of carbonyl (C=O) groups excluding carboxylic acids is 2. The molecule has 4 heteroatoms. The lowest BCUT2D eigenvalue weighted by molar-refractivity contribution is -0.116. The molecule has 0 spiro atoms. The predicted molar refractivity (Wildman–Crippen MR) is 107 cm³/mol. The van der Waals surface area contributed by atoms with E-state index in [9.17, 15) is 9.59 Å². The zero-order chi connectivity index (χ0) is 19.6. The van der Waals surface area contributed by atoms with E-state index >= 15 is 0 Å². The summed E-state index contributed by atoms with van der Waals surface area (Å²) in [4.78, 5) is 26.4. The number of benzene rings is 2. The van der Waals surface area contributed by atoms with Gasteiger partial charge in [0.25, 0.3) is 5.91 Å². The lowest BCUT2D eigenvalue weighted by atomic mass is 9.83. The van der Waals surface area contributed by atoms with Crippen molar-refractivity contribution in [3.05, 3.63) is 82.9 Å². The highest BCUT2D eigenvalue weighted by Gasteiger charge is 2.36. The summed E-state index contributed by atoms with van der Waals surface area (Å²) in [5, 5.41) is 2.74. The fourth-order valence-electron chi connectivity index (χ4n) is 3.61. The highest BCUT2D eigenvalue weighted by molar-refractivity contribution is 5.95. The number of aryl methyl sites for hydroxylation is 1. The van der Waals surface area contributed by atoms with Gasteiger partial charge in [-0.15, -0.1) is 0 Å². The molecule has 2 amide bonds. The van der Waals surface area contributed by atoms with E-state index in [2.05, 4.69) is 50.9 Å². The van der Waals surface area contributed by atoms with Crippen molar-refractivity contribution in [3.8, 4) is 0 Å². The molecule has 1 N–H and O–H groups in total. The maximum absolute atomic E-state index is 13.2. The first-order chi connectivity index (χ1) is 12.8. The van der Waals surface area contributed by atoms with Gasteiger partial charge < -0.3 is 10.2 Å². The molecule has 0 bridgehead atoms. The zero-order valence-electron chi connectivity index (χ0n) is 16.2. The van der Waals surface area contributed by atoms with E-state index in [-0.39, 0.29) is 17.4 Å². The molecular weight excluding hydrogens is 336 g/mol. The molecule has 1 heterocycles. The third-order valence-electron chi connectivity index (χ3n) is 5.27. The first kappa shape index (κ1) is 18.9. The van der Waals surface area contributed by atoms with Crippen LogP contribution in [0.3, 0.4) is 0 Å². The Hall–Kier alpha value is -2.88. The molecule has 0 atom stereocenters. The summed E-state index contributed by atoms with van der Waals surface area (Å²) in [5.74, 6) is -0.173. The second-order valence-electron chi connectivity index (χ2n) is 7.71. The fraction of sp³-hybridized carbons (Fsp3) is 0.304. The van der Waals surface area contributed by atoms with Crippen molar-refractivity contribution in [2.45, 2.75) is 45.8 Å². The molecule has 2 aromatic carbocycles.